The van der Waals surface area contributed by atoms with Gasteiger partial charge in [0.2, 0.25) is 0 Å². The van der Waals surface area contributed by atoms with Gasteiger partial charge in [0, 0.05) is 6.07 Å². The Hall–Kier alpha value is -1.23. The lowest BCUT2D eigenvalue weighted by Crippen LogP contribution is -2.04. The fourth-order valence-corrected chi connectivity index (χ4v) is 1.63. The van der Waals surface area contributed by atoms with E-state index in [9.17, 15) is 4.79 Å². The number of nitrogens with two attached hydrogens (primary N) is 1. The molecule has 0 spiro atoms. The van der Waals surface area contributed by atoms with Crippen LogP contribution in [0.15, 0.2) is 6.07 Å². The third-order valence-electron chi connectivity index (χ3n) is 1.40. The molecule has 5 heteroatoms. The van der Waals surface area contributed by atoms with Crippen LogP contribution >= 0.6 is 11.3 Å². The maximum atomic E-state index is 11.2. The minimum absolute atomic E-state index is 0.346. The minimum atomic E-state index is -0.395. The first-order valence-corrected chi connectivity index (χ1v) is 4.61. The molecule has 0 saturated heterocycles. The minimum Gasteiger partial charge on any atom is -0.487 e. The molecule has 0 aliphatic carbocycles. The Kier molecular flexibility index (Phi) is 3.13. The van der Waals surface area contributed by atoms with Gasteiger partial charge in [0.05, 0.1) is 19.4 Å². The highest BCUT2D eigenvalue weighted by atomic mass is 32.1. The molecular weight excluding hydrogens is 190 g/mol. The fraction of sp³-hybridized carbons (Fsp3) is 0.375. The molecule has 1 aromatic heterocycles. The van der Waals surface area contributed by atoms with Gasteiger partial charge in [-0.1, -0.05) is 11.3 Å². The Morgan fingerprint density at radius 3 is 2.85 bits per heavy atom. The number of hydrogen-bond acceptors (Lipinski definition) is 5. The van der Waals surface area contributed by atoms with Gasteiger partial charge in [-0.05, 0) is 6.92 Å². The molecule has 0 bridgehead atoms. The largest absolute Gasteiger partial charge is 0.487 e. The summed E-state index contributed by atoms with van der Waals surface area (Å²) >= 11 is 1.19. The van der Waals surface area contributed by atoms with Crippen molar-refractivity contribution in [3.05, 3.63) is 10.9 Å². The van der Waals surface area contributed by atoms with E-state index in [1.54, 1.807) is 13.0 Å². The zero-order chi connectivity index (χ0) is 9.84. The molecule has 0 atom stereocenters. The smallest absolute Gasteiger partial charge is 0.350 e. The van der Waals surface area contributed by atoms with Crippen molar-refractivity contribution in [3.8, 4) is 5.06 Å². The molecule has 1 heterocycles. The summed E-state index contributed by atoms with van der Waals surface area (Å²) < 4.78 is 9.74. The SMILES string of the molecule is CCOC(=O)c1sc(OC)cc1N. The summed E-state index contributed by atoms with van der Waals surface area (Å²) in [5.74, 6) is -0.395. The zero-order valence-electron chi connectivity index (χ0n) is 7.49. The molecule has 0 aromatic carbocycles. The zero-order valence-corrected chi connectivity index (χ0v) is 8.31. The predicted molar refractivity (Wildman–Crippen MR) is 51.2 cm³/mol. The van der Waals surface area contributed by atoms with Crippen molar-refractivity contribution in [2.75, 3.05) is 19.5 Å². The van der Waals surface area contributed by atoms with Gasteiger partial charge in [0.1, 0.15) is 4.88 Å². The second-order valence-electron chi connectivity index (χ2n) is 2.27. The number of anilines is 1. The van der Waals surface area contributed by atoms with Crippen LogP contribution in [0.2, 0.25) is 0 Å². The summed E-state index contributed by atoms with van der Waals surface area (Å²) in [6, 6.07) is 1.61. The van der Waals surface area contributed by atoms with Gasteiger partial charge in [-0.25, -0.2) is 4.79 Å². The van der Waals surface area contributed by atoms with E-state index in [1.165, 1.54) is 18.4 Å². The van der Waals surface area contributed by atoms with Crippen LogP contribution in [0.3, 0.4) is 0 Å². The van der Waals surface area contributed by atoms with Crippen molar-refractivity contribution in [3.63, 3.8) is 0 Å². The molecule has 1 rings (SSSR count). The molecule has 0 aliphatic heterocycles. The summed E-state index contributed by atoms with van der Waals surface area (Å²) in [4.78, 5) is 11.6. The van der Waals surface area contributed by atoms with Crippen LogP contribution in [-0.4, -0.2) is 19.7 Å². The molecule has 0 saturated carbocycles. The molecule has 0 aliphatic rings. The second kappa shape index (κ2) is 4.13. The van der Waals surface area contributed by atoms with E-state index >= 15 is 0 Å². The Labute approximate surface area is 80.3 Å². The van der Waals surface area contributed by atoms with Crippen molar-refractivity contribution in [2.24, 2.45) is 0 Å². The van der Waals surface area contributed by atoms with Gasteiger partial charge < -0.3 is 15.2 Å². The highest BCUT2D eigenvalue weighted by molar-refractivity contribution is 7.16. The molecule has 0 radical (unpaired) electrons. The number of hydrogen-bond donors (Lipinski definition) is 1. The Bertz CT molecular complexity index is 308. The number of ether oxygens (including phenoxy) is 2. The standard InChI is InChI=1S/C8H11NO3S/c1-3-12-8(10)7-5(9)4-6(11-2)13-7/h4H,3,9H2,1-2H3. The third-order valence-corrected chi connectivity index (χ3v) is 2.49. The van der Waals surface area contributed by atoms with Crippen LogP contribution in [0, 0.1) is 0 Å². The van der Waals surface area contributed by atoms with Gasteiger partial charge >= 0.3 is 5.97 Å². The van der Waals surface area contributed by atoms with Gasteiger partial charge in [0.25, 0.3) is 0 Å². The first kappa shape index (κ1) is 9.85. The molecule has 13 heavy (non-hydrogen) atoms. The number of carbonyl (C=O) groups excluding carboxylic acids is 1. The number of thiophene rings is 1. The van der Waals surface area contributed by atoms with Gasteiger partial charge in [0.15, 0.2) is 5.06 Å². The maximum absolute atomic E-state index is 11.2. The third kappa shape index (κ3) is 2.12. The molecule has 1 aromatic rings. The van der Waals surface area contributed by atoms with E-state index in [1.807, 2.05) is 0 Å². The first-order valence-electron chi connectivity index (χ1n) is 3.79. The Morgan fingerprint density at radius 2 is 2.38 bits per heavy atom. The summed E-state index contributed by atoms with van der Waals surface area (Å²) in [5, 5.41) is 0.612. The first-order chi connectivity index (χ1) is 6.19. The fourth-order valence-electron chi connectivity index (χ4n) is 0.838. The van der Waals surface area contributed by atoms with E-state index in [-0.39, 0.29) is 0 Å². The van der Waals surface area contributed by atoms with Crippen LogP contribution in [0.5, 0.6) is 5.06 Å². The molecule has 0 unspecified atom stereocenters. The number of rotatable bonds is 3. The van der Waals surface area contributed by atoms with E-state index in [0.29, 0.717) is 22.2 Å². The molecule has 0 fully saturated rings. The lowest BCUT2D eigenvalue weighted by molar-refractivity contribution is 0.0533. The average molecular weight is 201 g/mol. The number of methoxy groups -OCH3 is 1. The maximum Gasteiger partial charge on any atom is 0.350 e. The topological polar surface area (TPSA) is 61.5 Å². The number of esters is 1. The van der Waals surface area contributed by atoms with Gasteiger partial charge in [-0.2, -0.15) is 0 Å². The van der Waals surface area contributed by atoms with Crippen molar-refractivity contribution in [1.82, 2.24) is 0 Å². The lowest BCUT2D eigenvalue weighted by atomic mass is 10.4. The van der Waals surface area contributed by atoms with Crippen molar-refractivity contribution in [2.45, 2.75) is 6.92 Å². The molecular formula is C8H11NO3S. The van der Waals surface area contributed by atoms with E-state index in [2.05, 4.69) is 0 Å². The van der Waals surface area contributed by atoms with E-state index < -0.39 is 5.97 Å². The van der Waals surface area contributed by atoms with Gasteiger partial charge in [-0.3, -0.25) is 0 Å². The Balaban J connectivity index is 2.87. The predicted octanol–water partition coefficient (Wildman–Crippen LogP) is 1.52. The second-order valence-corrected chi connectivity index (χ2v) is 3.29. The van der Waals surface area contributed by atoms with Crippen molar-refractivity contribution < 1.29 is 14.3 Å². The molecule has 2 N–H and O–H groups in total. The highest BCUT2D eigenvalue weighted by Gasteiger charge is 2.15. The lowest BCUT2D eigenvalue weighted by Gasteiger charge is -1.98. The van der Waals surface area contributed by atoms with Crippen LogP contribution in [0.25, 0.3) is 0 Å². The number of nitrogen functional groups attached to an aromatic ring is 1. The molecule has 72 valence electrons. The number of carbonyl (C=O) groups is 1. The van der Waals surface area contributed by atoms with Crippen molar-refractivity contribution in [1.29, 1.82) is 0 Å². The van der Waals surface area contributed by atoms with Crippen LogP contribution in [0.1, 0.15) is 16.6 Å². The van der Waals surface area contributed by atoms with Gasteiger partial charge in [-0.15, -0.1) is 0 Å². The van der Waals surface area contributed by atoms with Crippen molar-refractivity contribution >= 4 is 23.0 Å². The highest BCUT2D eigenvalue weighted by Crippen LogP contribution is 2.31. The average Bonchev–Trinajstić information content (AvgIpc) is 2.47. The molecule has 0 amide bonds. The Morgan fingerprint density at radius 1 is 1.69 bits per heavy atom. The summed E-state index contributed by atoms with van der Waals surface area (Å²) in [5.41, 5.74) is 5.98. The van der Waals surface area contributed by atoms with E-state index in [4.69, 9.17) is 15.2 Å². The normalized spacial score (nSPS) is 9.69. The summed E-state index contributed by atoms with van der Waals surface area (Å²) in [6.45, 7) is 2.09. The van der Waals surface area contributed by atoms with Crippen LogP contribution in [-0.2, 0) is 4.74 Å². The van der Waals surface area contributed by atoms with Crippen LogP contribution < -0.4 is 10.5 Å². The summed E-state index contributed by atoms with van der Waals surface area (Å²) in [7, 11) is 1.53. The summed E-state index contributed by atoms with van der Waals surface area (Å²) in [6.07, 6.45) is 0. The quantitative estimate of drug-likeness (QED) is 0.753. The monoisotopic (exact) mass is 201 g/mol. The molecule has 4 nitrogen and oxygen atoms in total. The van der Waals surface area contributed by atoms with E-state index in [0.717, 1.165) is 0 Å². The van der Waals surface area contributed by atoms with Crippen LogP contribution in [0.4, 0.5) is 5.69 Å².